The summed E-state index contributed by atoms with van der Waals surface area (Å²) in [6.45, 7) is 4.18. The molecule has 3 heteroatoms. The van der Waals surface area contributed by atoms with Crippen LogP contribution >= 0.6 is 12.2 Å². The number of rotatable bonds is 4. The van der Waals surface area contributed by atoms with Crippen LogP contribution in [0.4, 0.5) is 5.69 Å². The fourth-order valence-corrected chi connectivity index (χ4v) is 3.32. The van der Waals surface area contributed by atoms with Gasteiger partial charge in [0.15, 0.2) is 5.11 Å². The van der Waals surface area contributed by atoms with Crippen LogP contribution in [-0.4, -0.2) is 17.1 Å². The Hall–Kier alpha value is -2.65. The predicted octanol–water partition coefficient (Wildman–Crippen LogP) is 5.72. The van der Waals surface area contributed by atoms with E-state index in [0.29, 0.717) is 5.11 Å². The smallest absolute Gasteiger partial charge is 0.173 e. The average molecular weight is 361 g/mol. The van der Waals surface area contributed by atoms with Gasteiger partial charge in [0.25, 0.3) is 0 Å². The van der Waals surface area contributed by atoms with Crippen LogP contribution in [0.3, 0.4) is 0 Å². The van der Waals surface area contributed by atoms with Crippen molar-refractivity contribution < 1.29 is 0 Å². The third-order valence-corrected chi connectivity index (χ3v) is 4.96. The van der Waals surface area contributed by atoms with Crippen LogP contribution in [0.25, 0.3) is 0 Å². The lowest BCUT2D eigenvalue weighted by atomic mass is 9.98. The van der Waals surface area contributed by atoms with E-state index in [4.69, 9.17) is 12.2 Å². The predicted molar refractivity (Wildman–Crippen MR) is 115 cm³/mol. The second kappa shape index (κ2) is 8.15. The molecule has 0 amide bonds. The molecule has 0 unspecified atom stereocenters. The first-order valence-corrected chi connectivity index (χ1v) is 9.18. The van der Waals surface area contributed by atoms with Crippen molar-refractivity contribution in [2.45, 2.75) is 19.9 Å². The van der Waals surface area contributed by atoms with Crippen LogP contribution in [-0.2, 0) is 0 Å². The monoisotopic (exact) mass is 360 g/mol. The van der Waals surface area contributed by atoms with Gasteiger partial charge in [-0.3, -0.25) is 0 Å². The third-order valence-electron chi connectivity index (χ3n) is 4.57. The summed E-state index contributed by atoms with van der Waals surface area (Å²) in [6, 6.07) is 27.4. The molecule has 0 aliphatic carbocycles. The minimum Gasteiger partial charge on any atom is -0.341 e. The number of aryl methyl sites for hydroxylation is 2. The summed E-state index contributed by atoms with van der Waals surface area (Å²) < 4.78 is 0. The number of nitrogens with zero attached hydrogens (tertiary/aromatic N) is 1. The third kappa shape index (κ3) is 4.12. The van der Waals surface area contributed by atoms with Gasteiger partial charge < -0.3 is 10.2 Å². The van der Waals surface area contributed by atoms with Crippen molar-refractivity contribution in [3.05, 3.63) is 101 Å². The molecule has 0 atom stereocenters. The maximum atomic E-state index is 5.75. The van der Waals surface area contributed by atoms with E-state index >= 15 is 0 Å². The first kappa shape index (κ1) is 18.2. The molecule has 26 heavy (non-hydrogen) atoms. The maximum absolute atomic E-state index is 5.75. The molecular weight excluding hydrogens is 336 g/mol. The highest BCUT2D eigenvalue weighted by Gasteiger charge is 2.21. The van der Waals surface area contributed by atoms with Crippen LogP contribution in [0.5, 0.6) is 0 Å². The van der Waals surface area contributed by atoms with Crippen molar-refractivity contribution in [3.8, 4) is 0 Å². The van der Waals surface area contributed by atoms with Crippen molar-refractivity contribution in [1.82, 2.24) is 4.90 Å². The van der Waals surface area contributed by atoms with E-state index in [1.165, 1.54) is 22.3 Å². The van der Waals surface area contributed by atoms with Crippen molar-refractivity contribution in [2.75, 3.05) is 12.4 Å². The van der Waals surface area contributed by atoms with Crippen LogP contribution in [0.2, 0.25) is 0 Å². The van der Waals surface area contributed by atoms with E-state index in [0.717, 1.165) is 5.69 Å². The average Bonchev–Trinajstić information content (AvgIpc) is 2.66. The van der Waals surface area contributed by atoms with Gasteiger partial charge in [-0.15, -0.1) is 0 Å². The van der Waals surface area contributed by atoms with Gasteiger partial charge in [0.1, 0.15) is 0 Å². The Morgan fingerprint density at radius 1 is 0.846 bits per heavy atom. The van der Waals surface area contributed by atoms with Gasteiger partial charge in [0, 0.05) is 12.7 Å². The quantitative estimate of drug-likeness (QED) is 0.599. The van der Waals surface area contributed by atoms with Gasteiger partial charge in [-0.1, -0.05) is 72.8 Å². The molecule has 0 fully saturated rings. The molecule has 3 rings (SSSR count). The van der Waals surface area contributed by atoms with E-state index in [-0.39, 0.29) is 6.04 Å². The van der Waals surface area contributed by atoms with E-state index in [1.807, 2.05) is 19.2 Å². The van der Waals surface area contributed by atoms with Crippen molar-refractivity contribution in [2.24, 2.45) is 0 Å². The highest BCUT2D eigenvalue weighted by Crippen LogP contribution is 2.28. The van der Waals surface area contributed by atoms with Crippen LogP contribution in [0, 0.1) is 13.8 Å². The molecule has 2 nitrogen and oxygen atoms in total. The molecular formula is C23H24N2S. The van der Waals surface area contributed by atoms with Gasteiger partial charge in [0.2, 0.25) is 0 Å². The summed E-state index contributed by atoms with van der Waals surface area (Å²) >= 11 is 5.75. The number of thiocarbonyl (C=S) groups is 1. The molecule has 0 aromatic heterocycles. The topological polar surface area (TPSA) is 15.3 Å². The van der Waals surface area contributed by atoms with Crippen LogP contribution < -0.4 is 5.32 Å². The van der Waals surface area contributed by atoms with Crippen molar-refractivity contribution in [3.63, 3.8) is 0 Å². The van der Waals surface area contributed by atoms with Gasteiger partial charge in [-0.2, -0.15) is 0 Å². The van der Waals surface area contributed by atoms with Gasteiger partial charge in [-0.05, 0) is 54.4 Å². The lowest BCUT2D eigenvalue weighted by molar-refractivity contribution is 0.434. The number of nitrogens with one attached hydrogen (secondary N) is 1. The zero-order valence-corrected chi connectivity index (χ0v) is 16.3. The molecule has 0 spiro atoms. The number of anilines is 1. The Morgan fingerprint density at radius 3 is 1.92 bits per heavy atom. The molecule has 0 radical (unpaired) electrons. The summed E-state index contributed by atoms with van der Waals surface area (Å²) in [5.41, 5.74) is 5.88. The number of benzene rings is 3. The molecule has 0 aliphatic heterocycles. The Labute approximate surface area is 161 Å². The molecule has 132 valence electrons. The summed E-state index contributed by atoms with van der Waals surface area (Å²) in [5, 5.41) is 4.13. The van der Waals surface area contributed by atoms with Gasteiger partial charge in [0.05, 0.1) is 6.04 Å². The standard InChI is InChI=1S/C23H24N2S/c1-17-14-15-18(2)21(16-17)24-23(26)25(3)22(19-10-6-4-7-11-19)20-12-8-5-9-13-20/h4-16,22H,1-3H3,(H,24,26). The van der Waals surface area contributed by atoms with E-state index in [1.54, 1.807) is 0 Å². The van der Waals surface area contributed by atoms with E-state index < -0.39 is 0 Å². The molecule has 0 aliphatic rings. The highest BCUT2D eigenvalue weighted by molar-refractivity contribution is 7.80. The Bertz CT molecular complexity index is 836. The van der Waals surface area contributed by atoms with Gasteiger partial charge in [-0.25, -0.2) is 0 Å². The van der Waals surface area contributed by atoms with Crippen molar-refractivity contribution >= 4 is 23.0 Å². The maximum Gasteiger partial charge on any atom is 0.173 e. The molecule has 0 heterocycles. The van der Waals surface area contributed by atoms with Crippen LogP contribution in [0.1, 0.15) is 28.3 Å². The normalized spacial score (nSPS) is 10.6. The number of hydrogen-bond donors (Lipinski definition) is 1. The fourth-order valence-electron chi connectivity index (χ4n) is 3.10. The Kier molecular flexibility index (Phi) is 5.69. The van der Waals surface area contributed by atoms with Gasteiger partial charge >= 0.3 is 0 Å². The van der Waals surface area contributed by atoms with E-state index in [2.05, 4.69) is 90.8 Å². The lowest BCUT2D eigenvalue weighted by Gasteiger charge is -2.31. The minimum absolute atomic E-state index is 0.0579. The Balaban J connectivity index is 1.91. The molecule has 0 saturated carbocycles. The first-order chi connectivity index (χ1) is 12.6. The SMILES string of the molecule is Cc1ccc(C)c(NC(=S)N(C)C(c2ccccc2)c2ccccc2)c1. The molecule has 0 saturated heterocycles. The fraction of sp³-hybridized carbons (Fsp3) is 0.174. The highest BCUT2D eigenvalue weighted by atomic mass is 32.1. The Morgan fingerprint density at radius 2 is 1.38 bits per heavy atom. The molecule has 1 N–H and O–H groups in total. The zero-order valence-electron chi connectivity index (χ0n) is 15.4. The second-order valence-corrected chi connectivity index (χ2v) is 6.97. The zero-order chi connectivity index (χ0) is 18.5. The van der Waals surface area contributed by atoms with E-state index in [9.17, 15) is 0 Å². The molecule has 3 aromatic carbocycles. The summed E-state index contributed by atoms with van der Waals surface area (Å²) in [6.07, 6.45) is 0. The number of hydrogen-bond acceptors (Lipinski definition) is 1. The van der Waals surface area contributed by atoms with Crippen LogP contribution in [0.15, 0.2) is 78.9 Å². The first-order valence-electron chi connectivity index (χ1n) is 8.77. The largest absolute Gasteiger partial charge is 0.341 e. The second-order valence-electron chi connectivity index (χ2n) is 6.58. The minimum atomic E-state index is 0.0579. The summed E-state index contributed by atoms with van der Waals surface area (Å²) in [4.78, 5) is 2.13. The molecule has 3 aromatic rings. The lowest BCUT2D eigenvalue weighted by Crippen LogP contribution is -2.35. The summed E-state index contributed by atoms with van der Waals surface area (Å²) in [7, 11) is 2.05. The molecule has 0 bridgehead atoms. The van der Waals surface area contributed by atoms with Crippen molar-refractivity contribution in [1.29, 1.82) is 0 Å². The summed E-state index contributed by atoms with van der Waals surface area (Å²) in [5.74, 6) is 0.